The summed E-state index contributed by atoms with van der Waals surface area (Å²) in [5, 5.41) is 0.784. The van der Waals surface area contributed by atoms with Crippen LogP contribution in [0.15, 0.2) is 24.3 Å². The maximum atomic E-state index is 5.65. The van der Waals surface area contributed by atoms with Gasteiger partial charge >= 0.3 is 0 Å². The molecule has 0 aliphatic heterocycles. The number of hydrogen-bond donors (Lipinski definition) is 1. The summed E-state index contributed by atoms with van der Waals surface area (Å²) < 4.78 is 0. The lowest BCUT2D eigenvalue weighted by Crippen LogP contribution is -3.00. The van der Waals surface area contributed by atoms with E-state index >= 15 is 0 Å². The molecular formula is C7H9BrClN. The first kappa shape index (κ1) is 9.95. The average Bonchev–Trinajstić information content (AvgIpc) is 1.90. The monoisotopic (exact) mass is 221 g/mol. The van der Waals surface area contributed by atoms with E-state index in [1.165, 1.54) is 5.56 Å². The van der Waals surface area contributed by atoms with E-state index in [1.807, 2.05) is 24.3 Å². The summed E-state index contributed by atoms with van der Waals surface area (Å²) in [6, 6.07) is 7.72. The Morgan fingerprint density at radius 2 is 1.70 bits per heavy atom. The summed E-state index contributed by atoms with van der Waals surface area (Å²) in [5.74, 6) is 0. The average molecular weight is 223 g/mol. The molecule has 10 heavy (non-hydrogen) atoms. The number of benzene rings is 1. The molecule has 0 atom stereocenters. The highest BCUT2D eigenvalue weighted by Gasteiger charge is 1.88. The van der Waals surface area contributed by atoms with Gasteiger partial charge in [0.05, 0.1) is 6.54 Å². The van der Waals surface area contributed by atoms with Crippen LogP contribution >= 0.6 is 11.6 Å². The molecule has 0 bridgehead atoms. The van der Waals surface area contributed by atoms with Gasteiger partial charge < -0.3 is 22.7 Å². The van der Waals surface area contributed by atoms with Crippen molar-refractivity contribution in [2.75, 3.05) is 0 Å². The first-order valence-corrected chi connectivity index (χ1v) is 3.24. The fourth-order valence-electron chi connectivity index (χ4n) is 0.651. The molecule has 0 aliphatic rings. The molecule has 0 aliphatic carbocycles. The van der Waals surface area contributed by atoms with Crippen LogP contribution in [0.1, 0.15) is 5.56 Å². The van der Waals surface area contributed by atoms with Gasteiger partial charge in [0.1, 0.15) is 0 Å². The highest BCUT2D eigenvalue weighted by Crippen LogP contribution is 2.07. The summed E-state index contributed by atoms with van der Waals surface area (Å²) >= 11 is 5.65. The van der Waals surface area contributed by atoms with E-state index in [9.17, 15) is 0 Å². The molecule has 3 heteroatoms. The third-order valence-corrected chi connectivity index (χ3v) is 1.45. The smallest absolute Gasteiger partial charge is 0.0997 e. The van der Waals surface area contributed by atoms with Crippen molar-refractivity contribution in [2.45, 2.75) is 6.54 Å². The summed E-state index contributed by atoms with van der Waals surface area (Å²) in [6.45, 7) is 0.831. The van der Waals surface area contributed by atoms with E-state index in [-0.39, 0.29) is 17.0 Å². The van der Waals surface area contributed by atoms with Crippen molar-refractivity contribution in [3.8, 4) is 0 Å². The van der Waals surface area contributed by atoms with Gasteiger partial charge in [0, 0.05) is 10.6 Å². The molecule has 1 aromatic rings. The Morgan fingerprint density at radius 1 is 1.20 bits per heavy atom. The van der Waals surface area contributed by atoms with Crippen LogP contribution in [0.5, 0.6) is 0 Å². The minimum atomic E-state index is 0. The van der Waals surface area contributed by atoms with E-state index < -0.39 is 0 Å². The van der Waals surface area contributed by atoms with Gasteiger partial charge in [-0.1, -0.05) is 23.7 Å². The minimum absolute atomic E-state index is 0. The maximum absolute atomic E-state index is 5.65. The predicted octanol–water partition coefficient (Wildman–Crippen LogP) is -1.91. The second-order valence-electron chi connectivity index (χ2n) is 1.88. The standard InChI is InChI=1S/C7H8ClN.BrH/c8-7-3-1-6(5-9)2-4-7;/h1-4H,5,9H2;1H. The fourth-order valence-corrected chi connectivity index (χ4v) is 0.777. The second kappa shape index (κ2) is 4.72. The third-order valence-electron chi connectivity index (χ3n) is 1.20. The molecule has 56 valence electrons. The van der Waals surface area contributed by atoms with Crippen molar-refractivity contribution >= 4 is 11.6 Å². The molecule has 0 amide bonds. The predicted molar refractivity (Wildman–Crippen MR) is 38.0 cm³/mol. The van der Waals surface area contributed by atoms with Gasteiger partial charge in [-0.25, -0.2) is 0 Å². The van der Waals surface area contributed by atoms with Gasteiger partial charge in [-0.05, 0) is 12.1 Å². The zero-order valence-electron chi connectivity index (χ0n) is 5.48. The summed E-state index contributed by atoms with van der Waals surface area (Å²) in [6.07, 6.45) is 0. The van der Waals surface area contributed by atoms with Crippen molar-refractivity contribution in [2.24, 2.45) is 0 Å². The molecule has 0 saturated carbocycles. The zero-order valence-corrected chi connectivity index (χ0v) is 7.82. The van der Waals surface area contributed by atoms with Crippen LogP contribution in [0.2, 0.25) is 5.02 Å². The van der Waals surface area contributed by atoms with E-state index in [4.69, 9.17) is 11.6 Å². The topological polar surface area (TPSA) is 27.6 Å². The van der Waals surface area contributed by atoms with E-state index in [1.54, 1.807) is 0 Å². The Labute approximate surface area is 76.0 Å². The molecular weight excluding hydrogens is 213 g/mol. The van der Waals surface area contributed by atoms with Gasteiger partial charge in [-0.3, -0.25) is 0 Å². The lowest BCUT2D eigenvalue weighted by Gasteiger charge is -1.91. The molecule has 0 aromatic heterocycles. The van der Waals surface area contributed by atoms with Crippen LogP contribution in [0.4, 0.5) is 0 Å². The van der Waals surface area contributed by atoms with Gasteiger partial charge in [-0.2, -0.15) is 0 Å². The quantitative estimate of drug-likeness (QED) is 0.574. The van der Waals surface area contributed by atoms with Gasteiger partial charge in [0.2, 0.25) is 0 Å². The minimum Gasteiger partial charge on any atom is -1.00 e. The highest BCUT2D eigenvalue weighted by molar-refractivity contribution is 6.30. The van der Waals surface area contributed by atoms with Crippen molar-refractivity contribution in [3.05, 3.63) is 34.9 Å². The van der Waals surface area contributed by atoms with Crippen LogP contribution in [0.3, 0.4) is 0 Å². The number of halogens is 2. The molecule has 0 saturated heterocycles. The first-order chi connectivity index (χ1) is 4.33. The van der Waals surface area contributed by atoms with E-state index in [0.29, 0.717) is 0 Å². The summed E-state index contributed by atoms with van der Waals surface area (Å²) in [5.41, 5.74) is 4.96. The molecule has 1 rings (SSSR count). The highest BCUT2D eigenvalue weighted by atomic mass is 79.9. The van der Waals surface area contributed by atoms with E-state index in [0.717, 1.165) is 11.6 Å². The second-order valence-corrected chi connectivity index (χ2v) is 2.31. The van der Waals surface area contributed by atoms with Crippen molar-refractivity contribution < 1.29 is 22.7 Å². The normalized spacial score (nSPS) is 8.60. The largest absolute Gasteiger partial charge is 1.00 e. The Balaban J connectivity index is 0.000000810. The zero-order chi connectivity index (χ0) is 6.69. The van der Waals surface area contributed by atoms with Crippen molar-refractivity contribution in [3.63, 3.8) is 0 Å². The van der Waals surface area contributed by atoms with Gasteiger partial charge in [0.15, 0.2) is 0 Å². The molecule has 1 aromatic carbocycles. The van der Waals surface area contributed by atoms with E-state index in [2.05, 4.69) is 5.73 Å². The molecule has 3 N–H and O–H groups in total. The molecule has 0 unspecified atom stereocenters. The van der Waals surface area contributed by atoms with Crippen molar-refractivity contribution in [1.82, 2.24) is 0 Å². The number of quaternary nitrogens is 1. The van der Waals surface area contributed by atoms with Gasteiger partial charge in [-0.15, -0.1) is 0 Å². The van der Waals surface area contributed by atoms with Gasteiger partial charge in [0.25, 0.3) is 0 Å². The summed E-state index contributed by atoms with van der Waals surface area (Å²) in [7, 11) is 0. The van der Waals surface area contributed by atoms with Crippen LogP contribution in [-0.2, 0) is 6.54 Å². The lowest BCUT2D eigenvalue weighted by molar-refractivity contribution is -0.386. The molecule has 0 radical (unpaired) electrons. The summed E-state index contributed by atoms with van der Waals surface area (Å²) in [4.78, 5) is 0. The van der Waals surface area contributed by atoms with Crippen LogP contribution in [0.25, 0.3) is 0 Å². The van der Waals surface area contributed by atoms with Crippen molar-refractivity contribution in [1.29, 1.82) is 0 Å². The Morgan fingerprint density at radius 3 is 2.10 bits per heavy atom. The van der Waals surface area contributed by atoms with Crippen LogP contribution in [-0.4, -0.2) is 0 Å². The SMILES string of the molecule is [Br-].[NH3+]Cc1ccc(Cl)cc1. The fraction of sp³-hybridized carbons (Fsp3) is 0.143. The molecule has 0 spiro atoms. The number of rotatable bonds is 1. The Kier molecular flexibility index (Phi) is 4.69. The molecule has 0 fully saturated rings. The van der Waals surface area contributed by atoms with Crippen LogP contribution < -0.4 is 22.7 Å². The first-order valence-electron chi connectivity index (χ1n) is 2.86. The Hall–Kier alpha value is -0.0500. The molecule has 0 heterocycles. The number of hydrogen-bond acceptors (Lipinski definition) is 0. The third kappa shape index (κ3) is 2.69. The Bertz CT molecular complexity index is 185. The van der Waals surface area contributed by atoms with Crippen LogP contribution in [0, 0.1) is 0 Å². The lowest BCUT2D eigenvalue weighted by atomic mass is 10.2. The maximum Gasteiger partial charge on any atom is 0.0997 e. The molecule has 1 nitrogen and oxygen atoms in total.